The molecule has 4 heterocycles. The third kappa shape index (κ3) is 3.26. The number of hydrogen-bond donors (Lipinski definition) is 0. The molecular formula is C20H26N4O2. The van der Waals surface area contributed by atoms with Crippen molar-refractivity contribution in [2.45, 2.75) is 45.1 Å². The van der Waals surface area contributed by atoms with Crippen LogP contribution in [0.2, 0.25) is 0 Å². The molecule has 2 fully saturated rings. The molecule has 138 valence electrons. The van der Waals surface area contributed by atoms with Gasteiger partial charge >= 0.3 is 0 Å². The van der Waals surface area contributed by atoms with Gasteiger partial charge in [0.1, 0.15) is 5.82 Å². The van der Waals surface area contributed by atoms with Crippen molar-refractivity contribution in [1.82, 2.24) is 19.4 Å². The van der Waals surface area contributed by atoms with Gasteiger partial charge in [-0.15, -0.1) is 0 Å². The summed E-state index contributed by atoms with van der Waals surface area (Å²) in [5.74, 6) is 1.70. The van der Waals surface area contributed by atoms with Crippen LogP contribution in [0.25, 0.3) is 0 Å². The first kappa shape index (κ1) is 17.2. The van der Waals surface area contributed by atoms with Crippen molar-refractivity contribution in [3.05, 3.63) is 47.3 Å². The monoisotopic (exact) mass is 354 g/mol. The Kier molecular flexibility index (Phi) is 4.76. The summed E-state index contributed by atoms with van der Waals surface area (Å²) in [5, 5.41) is 0. The highest BCUT2D eigenvalue weighted by Crippen LogP contribution is 2.32. The maximum atomic E-state index is 12.8. The zero-order valence-electron chi connectivity index (χ0n) is 15.5. The molecule has 0 aromatic carbocycles. The van der Waals surface area contributed by atoms with E-state index in [9.17, 15) is 4.79 Å². The van der Waals surface area contributed by atoms with Crippen LogP contribution in [0.3, 0.4) is 0 Å². The Morgan fingerprint density at radius 3 is 2.65 bits per heavy atom. The van der Waals surface area contributed by atoms with E-state index >= 15 is 0 Å². The predicted octanol–water partition coefficient (Wildman–Crippen LogP) is 2.88. The smallest absolute Gasteiger partial charge is 0.255 e. The number of likely N-dealkylation sites (tertiary alicyclic amines) is 1. The van der Waals surface area contributed by atoms with Crippen molar-refractivity contribution in [2.24, 2.45) is 0 Å². The normalized spacial score (nSPS) is 21.3. The number of pyridine rings is 1. The summed E-state index contributed by atoms with van der Waals surface area (Å²) in [6.07, 6.45) is 6.68. The van der Waals surface area contributed by atoms with Gasteiger partial charge in [0, 0.05) is 56.0 Å². The van der Waals surface area contributed by atoms with Crippen molar-refractivity contribution in [2.75, 3.05) is 26.3 Å². The standard InChI is InChI=1S/C20H26N4O2/c1-14-3-4-17(12-21-14)20(25)23-8-5-18(13-23)24-15(2)11-22-19(24)16-6-9-26-10-7-16/h3-4,11-12,16,18H,5-10,13H2,1-2H3. The van der Waals surface area contributed by atoms with Gasteiger partial charge in [-0.05, 0) is 45.2 Å². The predicted molar refractivity (Wildman–Crippen MR) is 98.3 cm³/mol. The maximum absolute atomic E-state index is 12.8. The molecule has 6 heteroatoms. The summed E-state index contributed by atoms with van der Waals surface area (Å²) >= 11 is 0. The van der Waals surface area contributed by atoms with Gasteiger partial charge in [-0.25, -0.2) is 4.98 Å². The lowest BCUT2D eigenvalue weighted by Gasteiger charge is -2.26. The molecule has 4 rings (SSSR count). The maximum Gasteiger partial charge on any atom is 0.255 e. The van der Waals surface area contributed by atoms with Crippen LogP contribution < -0.4 is 0 Å². The van der Waals surface area contributed by atoms with E-state index in [1.54, 1.807) is 6.20 Å². The molecule has 2 aromatic rings. The SMILES string of the molecule is Cc1ccc(C(=O)N2CCC(n3c(C)cnc3C3CCOCC3)C2)cn1. The topological polar surface area (TPSA) is 60.2 Å². The van der Waals surface area contributed by atoms with Crippen molar-refractivity contribution < 1.29 is 9.53 Å². The summed E-state index contributed by atoms with van der Waals surface area (Å²) in [6.45, 7) is 7.19. The summed E-state index contributed by atoms with van der Waals surface area (Å²) in [5.41, 5.74) is 2.78. The first-order valence-electron chi connectivity index (χ1n) is 9.47. The minimum Gasteiger partial charge on any atom is -0.381 e. The molecule has 2 saturated heterocycles. The molecule has 0 radical (unpaired) electrons. The number of aromatic nitrogens is 3. The summed E-state index contributed by atoms with van der Waals surface area (Å²) in [7, 11) is 0. The van der Waals surface area contributed by atoms with Crippen LogP contribution in [-0.2, 0) is 4.74 Å². The van der Waals surface area contributed by atoms with Crippen LogP contribution in [0.1, 0.15) is 58.8 Å². The minimum absolute atomic E-state index is 0.0744. The lowest BCUT2D eigenvalue weighted by molar-refractivity contribution is 0.0784. The number of ether oxygens (including phenoxy) is 1. The Hall–Kier alpha value is -2.21. The van der Waals surface area contributed by atoms with Gasteiger partial charge in [0.05, 0.1) is 11.6 Å². The number of aryl methyl sites for hydroxylation is 2. The molecule has 1 atom stereocenters. The molecule has 0 spiro atoms. The number of rotatable bonds is 3. The lowest BCUT2D eigenvalue weighted by atomic mass is 9.99. The Morgan fingerprint density at radius 2 is 1.92 bits per heavy atom. The molecule has 2 aromatic heterocycles. The third-order valence-corrected chi connectivity index (χ3v) is 5.57. The largest absolute Gasteiger partial charge is 0.381 e. The fourth-order valence-electron chi connectivity index (χ4n) is 4.11. The minimum atomic E-state index is 0.0744. The average Bonchev–Trinajstić information content (AvgIpc) is 3.29. The zero-order valence-corrected chi connectivity index (χ0v) is 15.5. The van der Waals surface area contributed by atoms with Crippen molar-refractivity contribution >= 4 is 5.91 Å². The summed E-state index contributed by atoms with van der Waals surface area (Å²) in [6, 6.07) is 4.07. The average molecular weight is 354 g/mol. The number of nitrogens with zero attached hydrogens (tertiary/aromatic N) is 4. The van der Waals surface area contributed by atoms with E-state index < -0.39 is 0 Å². The van der Waals surface area contributed by atoms with Crippen molar-refractivity contribution in [3.8, 4) is 0 Å². The molecule has 26 heavy (non-hydrogen) atoms. The number of imidazole rings is 1. The fourth-order valence-corrected chi connectivity index (χ4v) is 4.11. The van der Waals surface area contributed by atoms with Crippen LogP contribution >= 0.6 is 0 Å². The van der Waals surface area contributed by atoms with Crippen LogP contribution in [0, 0.1) is 13.8 Å². The van der Waals surface area contributed by atoms with Crippen LogP contribution in [0.15, 0.2) is 24.5 Å². The summed E-state index contributed by atoms with van der Waals surface area (Å²) < 4.78 is 7.88. The van der Waals surface area contributed by atoms with E-state index in [4.69, 9.17) is 9.72 Å². The first-order valence-corrected chi connectivity index (χ1v) is 9.47. The van der Waals surface area contributed by atoms with E-state index in [0.717, 1.165) is 51.3 Å². The van der Waals surface area contributed by atoms with Gasteiger partial charge in [-0.1, -0.05) is 0 Å². The molecule has 0 aliphatic carbocycles. The molecule has 6 nitrogen and oxygen atoms in total. The lowest BCUT2D eigenvalue weighted by Crippen LogP contribution is -2.30. The van der Waals surface area contributed by atoms with Crippen molar-refractivity contribution in [1.29, 1.82) is 0 Å². The van der Waals surface area contributed by atoms with E-state index in [2.05, 4.69) is 16.5 Å². The Morgan fingerprint density at radius 1 is 1.12 bits per heavy atom. The molecule has 2 aliphatic rings. The molecule has 1 amide bonds. The number of hydrogen-bond acceptors (Lipinski definition) is 4. The molecule has 0 saturated carbocycles. The van der Waals surface area contributed by atoms with Crippen LogP contribution in [-0.4, -0.2) is 51.6 Å². The van der Waals surface area contributed by atoms with Gasteiger partial charge in [0.2, 0.25) is 0 Å². The second kappa shape index (κ2) is 7.19. The van der Waals surface area contributed by atoms with Crippen molar-refractivity contribution in [3.63, 3.8) is 0 Å². The van der Waals surface area contributed by atoms with Gasteiger partial charge in [0.15, 0.2) is 0 Å². The van der Waals surface area contributed by atoms with Gasteiger partial charge in [-0.3, -0.25) is 9.78 Å². The molecule has 2 aliphatic heterocycles. The highest BCUT2D eigenvalue weighted by atomic mass is 16.5. The quantitative estimate of drug-likeness (QED) is 0.850. The molecule has 0 bridgehead atoms. The fraction of sp³-hybridized carbons (Fsp3) is 0.550. The van der Waals surface area contributed by atoms with Gasteiger partial charge < -0.3 is 14.2 Å². The number of carbonyl (C=O) groups excluding carboxylic acids is 1. The Labute approximate surface area is 154 Å². The molecule has 1 unspecified atom stereocenters. The van der Waals surface area contributed by atoms with E-state index in [1.807, 2.05) is 30.2 Å². The second-order valence-electron chi connectivity index (χ2n) is 7.40. The highest BCUT2D eigenvalue weighted by Gasteiger charge is 2.32. The van der Waals surface area contributed by atoms with Crippen LogP contribution in [0.4, 0.5) is 0 Å². The third-order valence-electron chi connectivity index (χ3n) is 5.57. The Balaban J connectivity index is 1.51. The number of carbonyl (C=O) groups is 1. The summed E-state index contributed by atoms with van der Waals surface area (Å²) in [4.78, 5) is 23.7. The highest BCUT2D eigenvalue weighted by molar-refractivity contribution is 5.94. The molecular weight excluding hydrogens is 328 g/mol. The molecule has 0 N–H and O–H groups in total. The second-order valence-corrected chi connectivity index (χ2v) is 7.40. The van der Waals surface area contributed by atoms with E-state index in [1.165, 1.54) is 11.5 Å². The van der Waals surface area contributed by atoms with Crippen LogP contribution in [0.5, 0.6) is 0 Å². The zero-order chi connectivity index (χ0) is 18.1. The van der Waals surface area contributed by atoms with Gasteiger partial charge in [-0.2, -0.15) is 0 Å². The van der Waals surface area contributed by atoms with E-state index in [0.29, 0.717) is 17.5 Å². The first-order chi connectivity index (χ1) is 12.6. The number of amides is 1. The van der Waals surface area contributed by atoms with E-state index in [-0.39, 0.29) is 5.91 Å². The van der Waals surface area contributed by atoms with Gasteiger partial charge in [0.25, 0.3) is 5.91 Å². The Bertz CT molecular complexity index is 778.